The van der Waals surface area contributed by atoms with Crippen molar-refractivity contribution in [2.75, 3.05) is 40.3 Å². The molecule has 0 bridgehead atoms. The molecule has 2 fully saturated rings. The Morgan fingerprint density at radius 3 is 2.71 bits per heavy atom. The first kappa shape index (κ1) is 17.0. The number of likely N-dealkylation sites (N-methyl/N-ethyl adjacent to an activating group) is 1. The standard InChI is InChI=1S/C19H27N3O2/c1-20(2)11-12-21-14-16(13-18(21)23)19(24)22-10-6-9-17(22)15-7-4-3-5-8-15/h3-5,7-8,16-17H,6,9-14H2,1-2H3/t16-,17-/m0/s1. The summed E-state index contributed by atoms with van der Waals surface area (Å²) < 4.78 is 0. The third kappa shape index (κ3) is 3.61. The molecule has 130 valence electrons. The predicted molar refractivity (Wildman–Crippen MR) is 93.4 cm³/mol. The Labute approximate surface area is 144 Å². The van der Waals surface area contributed by atoms with E-state index in [1.54, 1.807) is 0 Å². The third-order valence-electron chi connectivity index (χ3n) is 5.10. The van der Waals surface area contributed by atoms with E-state index in [1.807, 2.05) is 42.1 Å². The molecule has 2 saturated heterocycles. The molecule has 3 rings (SSSR count). The Morgan fingerprint density at radius 1 is 1.25 bits per heavy atom. The van der Waals surface area contributed by atoms with E-state index in [0.717, 1.165) is 25.9 Å². The van der Waals surface area contributed by atoms with Gasteiger partial charge >= 0.3 is 0 Å². The van der Waals surface area contributed by atoms with Crippen molar-refractivity contribution in [3.8, 4) is 0 Å². The second kappa shape index (κ2) is 7.34. The topological polar surface area (TPSA) is 43.9 Å². The lowest BCUT2D eigenvalue weighted by Gasteiger charge is -2.27. The molecule has 2 aliphatic rings. The fourth-order valence-electron chi connectivity index (χ4n) is 3.76. The number of carbonyl (C=O) groups excluding carboxylic acids is 2. The summed E-state index contributed by atoms with van der Waals surface area (Å²) in [6.07, 6.45) is 2.42. The van der Waals surface area contributed by atoms with Crippen molar-refractivity contribution in [3.63, 3.8) is 0 Å². The van der Waals surface area contributed by atoms with Crippen LogP contribution in [0.1, 0.15) is 30.9 Å². The smallest absolute Gasteiger partial charge is 0.228 e. The fourth-order valence-corrected chi connectivity index (χ4v) is 3.76. The van der Waals surface area contributed by atoms with Crippen LogP contribution in [0.15, 0.2) is 30.3 Å². The van der Waals surface area contributed by atoms with Gasteiger partial charge in [0.05, 0.1) is 12.0 Å². The molecule has 24 heavy (non-hydrogen) atoms. The number of nitrogens with zero attached hydrogens (tertiary/aromatic N) is 3. The van der Waals surface area contributed by atoms with Crippen molar-refractivity contribution in [1.82, 2.24) is 14.7 Å². The zero-order valence-electron chi connectivity index (χ0n) is 14.6. The van der Waals surface area contributed by atoms with Gasteiger partial charge in [0.2, 0.25) is 11.8 Å². The summed E-state index contributed by atoms with van der Waals surface area (Å²) in [7, 11) is 4.00. The number of benzene rings is 1. The molecule has 2 aliphatic heterocycles. The minimum atomic E-state index is -0.177. The van der Waals surface area contributed by atoms with Crippen molar-refractivity contribution >= 4 is 11.8 Å². The van der Waals surface area contributed by atoms with E-state index < -0.39 is 0 Å². The summed E-state index contributed by atoms with van der Waals surface area (Å²) in [5.41, 5.74) is 1.21. The van der Waals surface area contributed by atoms with Gasteiger partial charge in [-0.1, -0.05) is 30.3 Å². The zero-order chi connectivity index (χ0) is 17.1. The quantitative estimate of drug-likeness (QED) is 0.827. The normalized spacial score (nSPS) is 24.2. The minimum Gasteiger partial charge on any atom is -0.341 e. The lowest BCUT2D eigenvalue weighted by Crippen LogP contribution is -2.38. The van der Waals surface area contributed by atoms with Crippen molar-refractivity contribution in [2.45, 2.75) is 25.3 Å². The zero-order valence-corrected chi connectivity index (χ0v) is 14.6. The van der Waals surface area contributed by atoms with Crippen LogP contribution in [0.25, 0.3) is 0 Å². The number of carbonyl (C=O) groups is 2. The molecule has 0 N–H and O–H groups in total. The highest BCUT2D eigenvalue weighted by molar-refractivity contribution is 5.89. The molecule has 0 aliphatic carbocycles. The molecular weight excluding hydrogens is 302 g/mol. The first-order valence-electron chi connectivity index (χ1n) is 8.84. The number of likely N-dealkylation sites (tertiary alicyclic amines) is 2. The first-order chi connectivity index (χ1) is 11.6. The summed E-state index contributed by atoms with van der Waals surface area (Å²) >= 11 is 0. The van der Waals surface area contributed by atoms with E-state index in [2.05, 4.69) is 17.0 Å². The molecule has 0 saturated carbocycles. The van der Waals surface area contributed by atoms with Crippen LogP contribution in [-0.4, -0.2) is 66.8 Å². The molecule has 0 aromatic heterocycles. The van der Waals surface area contributed by atoms with Crippen molar-refractivity contribution in [1.29, 1.82) is 0 Å². The van der Waals surface area contributed by atoms with E-state index in [4.69, 9.17) is 0 Å². The molecule has 1 aromatic rings. The molecule has 2 amide bonds. The van der Waals surface area contributed by atoms with Crippen LogP contribution in [-0.2, 0) is 9.59 Å². The van der Waals surface area contributed by atoms with E-state index in [1.165, 1.54) is 5.56 Å². The summed E-state index contributed by atoms with van der Waals surface area (Å²) in [4.78, 5) is 31.1. The van der Waals surface area contributed by atoms with Crippen molar-refractivity contribution in [2.24, 2.45) is 5.92 Å². The molecule has 5 heteroatoms. The molecule has 5 nitrogen and oxygen atoms in total. The molecule has 2 atom stereocenters. The van der Waals surface area contributed by atoms with Gasteiger partial charge in [-0.2, -0.15) is 0 Å². The van der Waals surface area contributed by atoms with Gasteiger partial charge in [-0.3, -0.25) is 9.59 Å². The molecule has 0 spiro atoms. The van der Waals surface area contributed by atoms with Crippen LogP contribution in [0, 0.1) is 5.92 Å². The van der Waals surface area contributed by atoms with Crippen LogP contribution >= 0.6 is 0 Å². The summed E-state index contributed by atoms with van der Waals surface area (Å²) in [6.45, 7) is 2.92. The van der Waals surface area contributed by atoms with Crippen LogP contribution in [0.5, 0.6) is 0 Å². The maximum Gasteiger partial charge on any atom is 0.228 e. The Morgan fingerprint density at radius 2 is 2.00 bits per heavy atom. The third-order valence-corrected chi connectivity index (χ3v) is 5.10. The van der Waals surface area contributed by atoms with E-state index in [-0.39, 0.29) is 23.8 Å². The van der Waals surface area contributed by atoms with E-state index >= 15 is 0 Å². The predicted octanol–water partition coefficient (Wildman–Crippen LogP) is 1.76. The van der Waals surface area contributed by atoms with Crippen LogP contribution in [0.3, 0.4) is 0 Å². The molecule has 1 aromatic carbocycles. The minimum absolute atomic E-state index is 0.116. The Kier molecular flexibility index (Phi) is 5.19. The van der Waals surface area contributed by atoms with Gasteiger partial charge < -0.3 is 14.7 Å². The van der Waals surface area contributed by atoms with Gasteiger partial charge in [0.15, 0.2) is 0 Å². The maximum absolute atomic E-state index is 13.0. The average Bonchev–Trinajstić information content (AvgIpc) is 3.20. The number of hydrogen-bond acceptors (Lipinski definition) is 3. The number of hydrogen-bond donors (Lipinski definition) is 0. The van der Waals surface area contributed by atoms with Crippen LogP contribution < -0.4 is 0 Å². The molecule has 2 heterocycles. The SMILES string of the molecule is CN(C)CCN1C[C@@H](C(=O)N2CCC[C@H]2c2ccccc2)CC1=O. The highest BCUT2D eigenvalue weighted by Crippen LogP contribution is 2.34. The second-order valence-electron chi connectivity index (χ2n) is 7.14. The lowest BCUT2D eigenvalue weighted by molar-refractivity contribution is -0.136. The molecule has 0 unspecified atom stereocenters. The second-order valence-corrected chi connectivity index (χ2v) is 7.14. The van der Waals surface area contributed by atoms with Gasteiger partial charge in [-0.05, 0) is 32.5 Å². The van der Waals surface area contributed by atoms with Crippen molar-refractivity contribution in [3.05, 3.63) is 35.9 Å². The summed E-state index contributed by atoms with van der Waals surface area (Å²) in [5, 5.41) is 0. The Balaban J connectivity index is 1.65. The maximum atomic E-state index is 13.0. The van der Waals surface area contributed by atoms with Crippen molar-refractivity contribution < 1.29 is 9.59 Å². The van der Waals surface area contributed by atoms with Gasteiger partial charge in [0.25, 0.3) is 0 Å². The van der Waals surface area contributed by atoms with Crippen LogP contribution in [0.4, 0.5) is 0 Å². The van der Waals surface area contributed by atoms with Gasteiger partial charge in [0.1, 0.15) is 0 Å². The van der Waals surface area contributed by atoms with E-state index in [0.29, 0.717) is 19.5 Å². The Bertz CT molecular complexity index is 588. The largest absolute Gasteiger partial charge is 0.341 e. The number of amides is 2. The monoisotopic (exact) mass is 329 g/mol. The first-order valence-corrected chi connectivity index (χ1v) is 8.84. The highest BCUT2D eigenvalue weighted by Gasteiger charge is 2.39. The lowest BCUT2D eigenvalue weighted by atomic mass is 10.0. The van der Waals surface area contributed by atoms with Gasteiger partial charge in [0, 0.05) is 32.6 Å². The fraction of sp³-hybridized carbons (Fsp3) is 0.579. The summed E-state index contributed by atoms with van der Waals surface area (Å²) in [6, 6.07) is 10.4. The van der Waals surface area contributed by atoms with E-state index in [9.17, 15) is 9.59 Å². The average molecular weight is 329 g/mol. The Hall–Kier alpha value is -1.88. The summed E-state index contributed by atoms with van der Waals surface area (Å²) in [5.74, 6) is 0.0942. The van der Waals surface area contributed by atoms with Gasteiger partial charge in [-0.15, -0.1) is 0 Å². The van der Waals surface area contributed by atoms with Gasteiger partial charge in [-0.25, -0.2) is 0 Å². The highest BCUT2D eigenvalue weighted by atomic mass is 16.2. The van der Waals surface area contributed by atoms with Crippen LogP contribution in [0.2, 0.25) is 0 Å². The molecular formula is C19H27N3O2. The number of rotatable bonds is 5. The molecule has 0 radical (unpaired) electrons.